The van der Waals surface area contributed by atoms with E-state index in [9.17, 15) is 4.39 Å². The molecule has 0 aliphatic rings. The highest BCUT2D eigenvalue weighted by atomic mass is 19.1. The highest BCUT2D eigenvalue weighted by Crippen LogP contribution is 2.19. The maximum atomic E-state index is 13.4. The minimum absolute atomic E-state index is 0.191. The quantitative estimate of drug-likeness (QED) is 0.421. The summed E-state index contributed by atoms with van der Waals surface area (Å²) in [5.74, 6) is 5.08. The number of rotatable bonds is 7. The van der Waals surface area contributed by atoms with Gasteiger partial charge in [-0.25, -0.2) is 4.39 Å². The number of hydrogen-bond acceptors (Lipinski definition) is 4. The average molecular weight is 227 g/mol. The van der Waals surface area contributed by atoms with E-state index in [2.05, 4.69) is 10.4 Å². The van der Waals surface area contributed by atoms with Crippen LogP contribution in [0.1, 0.15) is 31.4 Å². The standard InChI is InChI=1S/C11H18FN3O/c1-2-16-7-3-4-11(15-13)9-5-6-14-8-10(9)12/h5-6,8,11,15H,2-4,7,13H2,1H3. The van der Waals surface area contributed by atoms with Gasteiger partial charge in [0.25, 0.3) is 0 Å². The van der Waals surface area contributed by atoms with Crippen molar-refractivity contribution in [3.63, 3.8) is 0 Å². The lowest BCUT2D eigenvalue weighted by molar-refractivity contribution is 0.140. The summed E-state index contributed by atoms with van der Waals surface area (Å²) in [7, 11) is 0. The lowest BCUT2D eigenvalue weighted by Gasteiger charge is -2.16. The molecular formula is C11H18FN3O. The molecule has 90 valence electrons. The first-order valence-electron chi connectivity index (χ1n) is 5.42. The van der Waals surface area contributed by atoms with Crippen LogP contribution in [0.25, 0.3) is 0 Å². The second kappa shape index (κ2) is 7.27. The largest absolute Gasteiger partial charge is 0.382 e. The van der Waals surface area contributed by atoms with Gasteiger partial charge in [-0.15, -0.1) is 0 Å². The first kappa shape index (κ1) is 13.0. The summed E-state index contributed by atoms with van der Waals surface area (Å²) < 4.78 is 18.6. The molecule has 1 unspecified atom stereocenters. The maximum absolute atomic E-state index is 13.4. The van der Waals surface area contributed by atoms with E-state index < -0.39 is 0 Å². The number of halogens is 1. The molecule has 0 spiro atoms. The lowest BCUT2D eigenvalue weighted by Crippen LogP contribution is -2.29. The predicted octanol–water partition coefficient (Wildman–Crippen LogP) is 1.54. The van der Waals surface area contributed by atoms with Crippen molar-refractivity contribution in [2.75, 3.05) is 13.2 Å². The van der Waals surface area contributed by atoms with E-state index in [1.54, 1.807) is 12.3 Å². The highest BCUT2D eigenvalue weighted by Gasteiger charge is 2.13. The fraction of sp³-hybridized carbons (Fsp3) is 0.545. The Kier molecular flexibility index (Phi) is 5.92. The van der Waals surface area contributed by atoms with Crippen molar-refractivity contribution in [3.8, 4) is 0 Å². The number of nitrogens with two attached hydrogens (primary N) is 1. The van der Waals surface area contributed by atoms with Crippen LogP contribution in [0.4, 0.5) is 4.39 Å². The Labute approximate surface area is 95.0 Å². The molecule has 0 aromatic carbocycles. The van der Waals surface area contributed by atoms with E-state index in [1.807, 2.05) is 6.92 Å². The number of hydrogen-bond donors (Lipinski definition) is 2. The van der Waals surface area contributed by atoms with Gasteiger partial charge in [0.1, 0.15) is 5.82 Å². The van der Waals surface area contributed by atoms with Crippen LogP contribution in [0.2, 0.25) is 0 Å². The summed E-state index contributed by atoms with van der Waals surface area (Å²) >= 11 is 0. The zero-order valence-electron chi connectivity index (χ0n) is 9.45. The van der Waals surface area contributed by atoms with E-state index in [4.69, 9.17) is 10.6 Å². The molecule has 0 fully saturated rings. The van der Waals surface area contributed by atoms with E-state index >= 15 is 0 Å². The van der Waals surface area contributed by atoms with Crippen molar-refractivity contribution in [2.45, 2.75) is 25.8 Å². The molecule has 4 nitrogen and oxygen atoms in total. The first-order valence-corrected chi connectivity index (χ1v) is 5.42. The monoisotopic (exact) mass is 227 g/mol. The number of ether oxygens (including phenoxy) is 1. The third-order valence-electron chi connectivity index (χ3n) is 2.37. The first-order chi connectivity index (χ1) is 7.79. The van der Waals surface area contributed by atoms with Gasteiger partial charge in [0.15, 0.2) is 0 Å². The summed E-state index contributed by atoms with van der Waals surface area (Å²) in [6, 6.07) is 1.45. The van der Waals surface area contributed by atoms with Gasteiger partial charge >= 0.3 is 0 Å². The van der Waals surface area contributed by atoms with Gasteiger partial charge in [0.05, 0.1) is 6.20 Å². The molecule has 3 N–H and O–H groups in total. The molecule has 0 aliphatic heterocycles. The van der Waals surface area contributed by atoms with Crippen molar-refractivity contribution < 1.29 is 9.13 Å². The smallest absolute Gasteiger partial charge is 0.146 e. The summed E-state index contributed by atoms with van der Waals surface area (Å²) in [5.41, 5.74) is 3.16. The van der Waals surface area contributed by atoms with Crippen molar-refractivity contribution in [1.82, 2.24) is 10.4 Å². The number of aromatic nitrogens is 1. The summed E-state index contributed by atoms with van der Waals surface area (Å²) in [6.45, 7) is 3.31. The van der Waals surface area contributed by atoms with E-state index in [0.717, 1.165) is 12.8 Å². The average Bonchev–Trinajstić information content (AvgIpc) is 2.31. The Morgan fingerprint density at radius 1 is 1.62 bits per heavy atom. The molecule has 1 atom stereocenters. The van der Waals surface area contributed by atoms with Gasteiger partial charge in [0, 0.05) is 31.0 Å². The second-order valence-corrected chi connectivity index (χ2v) is 3.46. The molecule has 0 amide bonds. The van der Waals surface area contributed by atoms with E-state index in [-0.39, 0.29) is 11.9 Å². The van der Waals surface area contributed by atoms with Crippen molar-refractivity contribution in [2.24, 2.45) is 5.84 Å². The zero-order valence-corrected chi connectivity index (χ0v) is 9.45. The lowest BCUT2D eigenvalue weighted by atomic mass is 10.0. The van der Waals surface area contributed by atoms with Crippen LogP contribution >= 0.6 is 0 Å². The van der Waals surface area contributed by atoms with Gasteiger partial charge in [-0.1, -0.05) is 0 Å². The number of nitrogens with one attached hydrogen (secondary N) is 1. The Hall–Kier alpha value is -1.04. The van der Waals surface area contributed by atoms with Crippen molar-refractivity contribution in [1.29, 1.82) is 0 Å². The zero-order chi connectivity index (χ0) is 11.8. The number of nitrogens with zero attached hydrogens (tertiary/aromatic N) is 1. The van der Waals surface area contributed by atoms with Crippen LogP contribution in [0.5, 0.6) is 0 Å². The third kappa shape index (κ3) is 3.84. The van der Waals surface area contributed by atoms with Crippen LogP contribution in [-0.4, -0.2) is 18.2 Å². The molecule has 0 saturated carbocycles. The molecule has 5 heteroatoms. The van der Waals surface area contributed by atoms with Gasteiger partial charge in [0.2, 0.25) is 0 Å². The minimum Gasteiger partial charge on any atom is -0.382 e. The minimum atomic E-state index is -0.332. The predicted molar refractivity (Wildman–Crippen MR) is 60.0 cm³/mol. The molecule has 0 aliphatic carbocycles. The molecule has 1 aromatic heterocycles. The van der Waals surface area contributed by atoms with Crippen LogP contribution in [0.3, 0.4) is 0 Å². The summed E-state index contributed by atoms with van der Waals surface area (Å²) in [5, 5.41) is 0. The Morgan fingerprint density at radius 3 is 3.06 bits per heavy atom. The Morgan fingerprint density at radius 2 is 2.44 bits per heavy atom. The van der Waals surface area contributed by atoms with Crippen LogP contribution in [0, 0.1) is 5.82 Å². The molecule has 16 heavy (non-hydrogen) atoms. The van der Waals surface area contributed by atoms with Gasteiger partial charge in [-0.2, -0.15) is 0 Å². The van der Waals surface area contributed by atoms with Gasteiger partial charge < -0.3 is 4.74 Å². The molecule has 0 bridgehead atoms. The van der Waals surface area contributed by atoms with Gasteiger partial charge in [-0.3, -0.25) is 16.3 Å². The van der Waals surface area contributed by atoms with E-state index in [0.29, 0.717) is 18.8 Å². The topological polar surface area (TPSA) is 60.2 Å². The van der Waals surface area contributed by atoms with Crippen LogP contribution in [0.15, 0.2) is 18.5 Å². The van der Waals surface area contributed by atoms with Gasteiger partial charge in [-0.05, 0) is 25.8 Å². The molecule has 1 aromatic rings. The van der Waals surface area contributed by atoms with Crippen molar-refractivity contribution >= 4 is 0 Å². The number of hydrazine groups is 1. The fourth-order valence-corrected chi connectivity index (χ4v) is 1.53. The van der Waals surface area contributed by atoms with Crippen LogP contribution in [-0.2, 0) is 4.74 Å². The third-order valence-corrected chi connectivity index (χ3v) is 2.37. The molecular weight excluding hydrogens is 209 g/mol. The normalized spacial score (nSPS) is 12.7. The molecule has 0 saturated heterocycles. The SMILES string of the molecule is CCOCCCC(NN)c1ccncc1F. The molecule has 1 rings (SSSR count). The maximum Gasteiger partial charge on any atom is 0.146 e. The second-order valence-electron chi connectivity index (χ2n) is 3.46. The fourth-order valence-electron chi connectivity index (χ4n) is 1.53. The summed E-state index contributed by atoms with van der Waals surface area (Å²) in [4.78, 5) is 3.70. The Balaban J connectivity index is 2.51. The summed E-state index contributed by atoms with van der Waals surface area (Å²) in [6.07, 6.45) is 4.33. The Bertz CT molecular complexity index is 309. The number of pyridine rings is 1. The molecule has 1 heterocycles. The van der Waals surface area contributed by atoms with E-state index in [1.165, 1.54) is 6.20 Å². The van der Waals surface area contributed by atoms with Crippen molar-refractivity contribution in [3.05, 3.63) is 29.8 Å². The highest BCUT2D eigenvalue weighted by molar-refractivity contribution is 5.16. The van der Waals surface area contributed by atoms with Crippen LogP contribution < -0.4 is 11.3 Å². The molecule has 0 radical (unpaired) electrons.